The molecule has 3 rings (SSSR count). The number of amides is 2. The Morgan fingerprint density at radius 3 is 2.38 bits per heavy atom. The van der Waals surface area contributed by atoms with Crippen molar-refractivity contribution in [3.63, 3.8) is 0 Å². The Hall–Kier alpha value is -3.97. The molecule has 0 aromatic heterocycles. The Kier molecular flexibility index (Phi) is 7.36. The zero-order chi connectivity index (χ0) is 23.1. The molecule has 8 heteroatoms. The highest BCUT2D eigenvalue weighted by Gasteiger charge is 2.15. The highest BCUT2D eigenvalue weighted by molar-refractivity contribution is 6.39. The van der Waals surface area contributed by atoms with Gasteiger partial charge < -0.3 is 10.1 Å². The van der Waals surface area contributed by atoms with E-state index in [9.17, 15) is 14.4 Å². The predicted octanol–water partition coefficient (Wildman–Crippen LogP) is 4.26. The lowest BCUT2D eigenvalue weighted by Gasteiger charge is -2.09. The second kappa shape index (κ2) is 10.4. The second-order valence-electron chi connectivity index (χ2n) is 6.86. The van der Waals surface area contributed by atoms with Crippen molar-refractivity contribution in [3.05, 3.63) is 94.0 Å². The smallest absolute Gasteiger partial charge is 0.343 e. The first kappa shape index (κ1) is 22.7. The largest absolute Gasteiger partial charge is 0.422 e. The molecule has 0 atom stereocenters. The number of anilines is 1. The van der Waals surface area contributed by atoms with Gasteiger partial charge in [-0.15, -0.1) is 0 Å². The van der Waals surface area contributed by atoms with Crippen molar-refractivity contribution in [1.82, 2.24) is 5.43 Å². The number of hydrazone groups is 1. The molecule has 7 nitrogen and oxygen atoms in total. The number of hydrogen-bond donors (Lipinski definition) is 2. The number of nitrogens with zero attached hydrogens (tertiary/aromatic N) is 1. The second-order valence-corrected chi connectivity index (χ2v) is 7.27. The lowest BCUT2D eigenvalue weighted by atomic mass is 10.1. The van der Waals surface area contributed by atoms with Crippen molar-refractivity contribution in [2.75, 3.05) is 5.32 Å². The standard InChI is InChI=1S/C24H20ClN3O4/c1-15-7-3-5-9-19(15)24(31)32-21-10-6-4-8-17(21)14-26-28-23(30)22(29)27-18-12-11-16(2)20(25)13-18/h3-14H,1-2H3,(H,27,29)(H,28,30)/b26-14+. The van der Waals surface area contributed by atoms with E-state index in [0.717, 1.165) is 11.1 Å². The summed E-state index contributed by atoms with van der Waals surface area (Å²) < 4.78 is 5.48. The molecule has 0 aliphatic carbocycles. The summed E-state index contributed by atoms with van der Waals surface area (Å²) in [6, 6.07) is 18.7. The van der Waals surface area contributed by atoms with Crippen molar-refractivity contribution in [2.24, 2.45) is 5.10 Å². The summed E-state index contributed by atoms with van der Waals surface area (Å²) in [6.07, 6.45) is 1.29. The molecule has 0 saturated carbocycles. The van der Waals surface area contributed by atoms with Crippen molar-refractivity contribution < 1.29 is 19.1 Å². The van der Waals surface area contributed by atoms with Gasteiger partial charge in [0.15, 0.2) is 0 Å². The van der Waals surface area contributed by atoms with E-state index < -0.39 is 17.8 Å². The number of carbonyl (C=O) groups excluding carboxylic acids is 3. The fourth-order valence-corrected chi connectivity index (χ4v) is 2.89. The number of aryl methyl sites for hydroxylation is 2. The number of nitrogens with one attached hydrogen (secondary N) is 2. The van der Waals surface area contributed by atoms with Gasteiger partial charge in [-0.3, -0.25) is 9.59 Å². The third-order valence-electron chi connectivity index (χ3n) is 4.49. The van der Waals surface area contributed by atoms with E-state index in [4.69, 9.17) is 16.3 Å². The zero-order valence-electron chi connectivity index (χ0n) is 17.4. The third kappa shape index (κ3) is 5.80. The fourth-order valence-electron chi connectivity index (χ4n) is 2.71. The van der Waals surface area contributed by atoms with Crippen molar-refractivity contribution >= 4 is 41.3 Å². The molecule has 0 unspecified atom stereocenters. The molecule has 2 N–H and O–H groups in total. The highest BCUT2D eigenvalue weighted by Crippen LogP contribution is 2.20. The van der Waals surface area contributed by atoms with Gasteiger partial charge in [0.05, 0.1) is 11.8 Å². The van der Waals surface area contributed by atoms with Crippen LogP contribution >= 0.6 is 11.6 Å². The Labute approximate surface area is 190 Å². The quantitative estimate of drug-likeness (QED) is 0.200. The lowest BCUT2D eigenvalue weighted by Crippen LogP contribution is -2.32. The number of ether oxygens (including phenoxy) is 1. The summed E-state index contributed by atoms with van der Waals surface area (Å²) in [5.74, 6) is -2.12. The van der Waals surface area contributed by atoms with Crippen LogP contribution in [-0.2, 0) is 9.59 Å². The lowest BCUT2D eigenvalue weighted by molar-refractivity contribution is -0.136. The molecule has 0 bridgehead atoms. The summed E-state index contributed by atoms with van der Waals surface area (Å²) in [5.41, 5.74) is 5.06. The van der Waals surface area contributed by atoms with E-state index >= 15 is 0 Å². The van der Waals surface area contributed by atoms with Crippen LogP contribution in [0.3, 0.4) is 0 Å². The summed E-state index contributed by atoms with van der Waals surface area (Å²) in [4.78, 5) is 36.5. The number of para-hydroxylation sites is 1. The molecule has 0 saturated heterocycles. The summed E-state index contributed by atoms with van der Waals surface area (Å²) in [6.45, 7) is 3.64. The zero-order valence-corrected chi connectivity index (χ0v) is 18.1. The van der Waals surface area contributed by atoms with Crippen molar-refractivity contribution in [3.8, 4) is 5.75 Å². The molecule has 32 heavy (non-hydrogen) atoms. The van der Waals surface area contributed by atoms with Crippen LogP contribution in [0.15, 0.2) is 71.8 Å². The van der Waals surface area contributed by atoms with Crippen LogP contribution in [0.4, 0.5) is 5.69 Å². The minimum Gasteiger partial charge on any atom is -0.422 e. The normalized spacial score (nSPS) is 10.6. The van der Waals surface area contributed by atoms with Gasteiger partial charge in [0.25, 0.3) is 0 Å². The Bertz CT molecular complexity index is 1210. The van der Waals surface area contributed by atoms with Gasteiger partial charge in [-0.05, 0) is 55.3 Å². The van der Waals surface area contributed by atoms with Crippen LogP contribution < -0.4 is 15.5 Å². The summed E-state index contributed by atoms with van der Waals surface area (Å²) in [5, 5.41) is 6.70. The summed E-state index contributed by atoms with van der Waals surface area (Å²) >= 11 is 6.02. The van der Waals surface area contributed by atoms with Gasteiger partial charge in [-0.25, -0.2) is 10.2 Å². The Balaban J connectivity index is 1.63. The van der Waals surface area contributed by atoms with Crippen molar-refractivity contribution in [2.45, 2.75) is 13.8 Å². The van der Waals surface area contributed by atoms with Crippen LogP contribution in [0.5, 0.6) is 5.75 Å². The minimum atomic E-state index is -0.965. The van der Waals surface area contributed by atoms with Crippen molar-refractivity contribution in [1.29, 1.82) is 0 Å². The molecule has 2 amide bonds. The van der Waals surface area contributed by atoms with Gasteiger partial charge in [-0.1, -0.05) is 48.0 Å². The van der Waals surface area contributed by atoms with Crippen LogP contribution in [0, 0.1) is 13.8 Å². The van der Waals surface area contributed by atoms with E-state index in [1.165, 1.54) is 6.21 Å². The Morgan fingerprint density at radius 2 is 1.62 bits per heavy atom. The number of benzene rings is 3. The molecule has 0 aliphatic heterocycles. The minimum absolute atomic E-state index is 0.262. The van der Waals surface area contributed by atoms with E-state index in [1.54, 1.807) is 54.6 Å². The topological polar surface area (TPSA) is 96.9 Å². The predicted molar refractivity (Wildman–Crippen MR) is 123 cm³/mol. The van der Waals surface area contributed by atoms with Gasteiger partial charge in [-0.2, -0.15) is 5.10 Å². The van der Waals surface area contributed by atoms with Crippen LogP contribution in [0.25, 0.3) is 0 Å². The number of rotatable bonds is 5. The molecule has 3 aromatic carbocycles. The molecule has 0 heterocycles. The fraction of sp³-hybridized carbons (Fsp3) is 0.0833. The van der Waals surface area contributed by atoms with Gasteiger partial charge >= 0.3 is 17.8 Å². The number of carbonyl (C=O) groups is 3. The maximum atomic E-state index is 12.5. The number of halogens is 1. The average Bonchev–Trinajstić information content (AvgIpc) is 2.77. The monoisotopic (exact) mass is 449 g/mol. The Morgan fingerprint density at radius 1 is 0.906 bits per heavy atom. The maximum Gasteiger partial charge on any atom is 0.343 e. The number of esters is 1. The first-order valence-electron chi connectivity index (χ1n) is 9.62. The van der Waals surface area contributed by atoms with Gasteiger partial charge in [0, 0.05) is 16.3 Å². The van der Waals surface area contributed by atoms with Gasteiger partial charge in [0.2, 0.25) is 0 Å². The van der Waals surface area contributed by atoms with Crippen LogP contribution in [0.1, 0.15) is 27.0 Å². The highest BCUT2D eigenvalue weighted by atomic mass is 35.5. The van der Waals surface area contributed by atoms with Gasteiger partial charge in [0.1, 0.15) is 5.75 Å². The third-order valence-corrected chi connectivity index (χ3v) is 4.90. The first-order chi connectivity index (χ1) is 15.3. The molecule has 0 spiro atoms. The molecule has 3 aromatic rings. The van der Waals surface area contributed by atoms with Crippen LogP contribution in [0.2, 0.25) is 5.02 Å². The average molecular weight is 450 g/mol. The van der Waals surface area contributed by atoms with E-state index in [2.05, 4.69) is 15.8 Å². The summed E-state index contributed by atoms with van der Waals surface area (Å²) in [7, 11) is 0. The molecule has 0 fully saturated rings. The van der Waals surface area contributed by atoms with E-state index in [0.29, 0.717) is 21.8 Å². The van der Waals surface area contributed by atoms with E-state index in [1.807, 2.05) is 26.0 Å². The van der Waals surface area contributed by atoms with E-state index in [-0.39, 0.29) is 5.75 Å². The first-order valence-corrected chi connectivity index (χ1v) is 10.0. The maximum absolute atomic E-state index is 12.5. The number of hydrogen-bond acceptors (Lipinski definition) is 5. The molecule has 0 aliphatic rings. The molecule has 0 radical (unpaired) electrons. The van der Waals surface area contributed by atoms with Crippen LogP contribution in [-0.4, -0.2) is 24.0 Å². The SMILES string of the molecule is Cc1ccc(NC(=O)C(=O)N/N=C/c2ccccc2OC(=O)c2ccccc2C)cc1Cl. The molecule has 162 valence electrons. The molecular weight excluding hydrogens is 430 g/mol. The molecular formula is C24H20ClN3O4.